The van der Waals surface area contributed by atoms with Crippen LogP contribution in [0.1, 0.15) is 37.5 Å². The Morgan fingerprint density at radius 3 is 3.00 bits per heavy atom. The molecule has 0 amide bonds. The Labute approximate surface area is 97.8 Å². The number of nitrogens with one attached hydrogen (secondary N) is 1. The Bertz CT molecular complexity index is 317. The van der Waals surface area contributed by atoms with Crippen LogP contribution in [-0.2, 0) is 13.1 Å². The minimum absolute atomic E-state index is 0.811. The average molecular weight is 222 g/mol. The lowest BCUT2D eigenvalue weighted by Gasteiger charge is -2.15. The lowest BCUT2D eigenvalue weighted by molar-refractivity contribution is 0.312. The molecular formula is C13H22N2O. The molecule has 0 aromatic carbocycles. The van der Waals surface area contributed by atoms with Crippen LogP contribution >= 0.6 is 0 Å². The molecule has 2 rings (SSSR count). The summed E-state index contributed by atoms with van der Waals surface area (Å²) in [5.74, 6) is 1.10. The van der Waals surface area contributed by atoms with Crippen LogP contribution in [0.3, 0.4) is 0 Å². The van der Waals surface area contributed by atoms with E-state index in [4.69, 9.17) is 4.42 Å². The van der Waals surface area contributed by atoms with Gasteiger partial charge in [0, 0.05) is 18.2 Å². The lowest BCUT2D eigenvalue weighted by Crippen LogP contribution is -2.21. The molecule has 1 heterocycles. The predicted molar refractivity (Wildman–Crippen MR) is 65.2 cm³/mol. The van der Waals surface area contributed by atoms with E-state index in [9.17, 15) is 0 Å². The van der Waals surface area contributed by atoms with Crippen molar-refractivity contribution in [2.24, 2.45) is 0 Å². The van der Waals surface area contributed by atoms with Crippen molar-refractivity contribution in [2.45, 2.75) is 45.3 Å². The SMILES string of the molecule is CCCNCc1occc1CN(C)C1CC1. The molecule has 0 atom stereocenters. The van der Waals surface area contributed by atoms with Gasteiger partial charge in [-0.25, -0.2) is 0 Å². The molecule has 0 radical (unpaired) electrons. The highest BCUT2D eigenvalue weighted by Crippen LogP contribution is 2.27. The zero-order valence-corrected chi connectivity index (χ0v) is 10.3. The monoisotopic (exact) mass is 222 g/mol. The Kier molecular flexibility index (Phi) is 4.02. The Morgan fingerprint density at radius 2 is 2.31 bits per heavy atom. The molecule has 0 saturated heterocycles. The molecule has 1 fully saturated rings. The second-order valence-electron chi connectivity index (χ2n) is 4.69. The van der Waals surface area contributed by atoms with E-state index in [2.05, 4.69) is 30.3 Å². The second kappa shape index (κ2) is 5.51. The van der Waals surface area contributed by atoms with Gasteiger partial charge >= 0.3 is 0 Å². The molecule has 0 unspecified atom stereocenters. The maximum absolute atomic E-state index is 5.52. The maximum atomic E-state index is 5.52. The van der Waals surface area contributed by atoms with Gasteiger partial charge < -0.3 is 9.73 Å². The van der Waals surface area contributed by atoms with Gasteiger partial charge in [0.25, 0.3) is 0 Å². The van der Waals surface area contributed by atoms with Gasteiger partial charge in [-0.15, -0.1) is 0 Å². The van der Waals surface area contributed by atoms with Crippen LogP contribution in [0.15, 0.2) is 16.7 Å². The summed E-state index contributed by atoms with van der Waals surface area (Å²) in [6, 6.07) is 2.91. The van der Waals surface area contributed by atoms with Crippen LogP contribution in [0.5, 0.6) is 0 Å². The first kappa shape index (κ1) is 11.7. The van der Waals surface area contributed by atoms with Gasteiger partial charge in [-0.3, -0.25) is 4.90 Å². The van der Waals surface area contributed by atoms with E-state index in [1.165, 1.54) is 18.4 Å². The largest absolute Gasteiger partial charge is 0.468 e. The van der Waals surface area contributed by atoms with Gasteiger partial charge in [0.05, 0.1) is 12.8 Å². The van der Waals surface area contributed by atoms with Crippen LogP contribution < -0.4 is 5.32 Å². The first-order chi connectivity index (χ1) is 7.81. The molecule has 16 heavy (non-hydrogen) atoms. The molecule has 0 bridgehead atoms. The fourth-order valence-corrected chi connectivity index (χ4v) is 1.95. The highest BCUT2D eigenvalue weighted by molar-refractivity contribution is 5.17. The maximum Gasteiger partial charge on any atom is 0.122 e. The zero-order valence-electron chi connectivity index (χ0n) is 10.3. The fourth-order valence-electron chi connectivity index (χ4n) is 1.95. The number of rotatable bonds is 7. The third-order valence-corrected chi connectivity index (χ3v) is 3.14. The molecule has 1 saturated carbocycles. The molecular weight excluding hydrogens is 200 g/mol. The Hall–Kier alpha value is -0.800. The molecule has 1 aliphatic carbocycles. The zero-order chi connectivity index (χ0) is 11.4. The topological polar surface area (TPSA) is 28.4 Å². The highest BCUT2D eigenvalue weighted by Gasteiger charge is 2.26. The normalized spacial score (nSPS) is 15.9. The number of furan rings is 1. The predicted octanol–water partition coefficient (Wildman–Crippen LogP) is 2.37. The van der Waals surface area contributed by atoms with Crippen molar-refractivity contribution in [3.05, 3.63) is 23.7 Å². The summed E-state index contributed by atoms with van der Waals surface area (Å²) in [6.07, 6.45) is 5.69. The van der Waals surface area contributed by atoms with Crippen molar-refractivity contribution in [3.63, 3.8) is 0 Å². The summed E-state index contributed by atoms with van der Waals surface area (Å²) in [5.41, 5.74) is 1.33. The van der Waals surface area contributed by atoms with Gasteiger partial charge in [-0.2, -0.15) is 0 Å². The molecule has 1 aromatic heterocycles. The van der Waals surface area contributed by atoms with Crippen molar-refractivity contribution in [1.29, 1.82) is 0 Å². The van der Waals surface area contributed by atoms with Crippen molar-refractivity contribution in [2.75, 3.05) is 13.6 Å². The van der Waals surface area contributed by atoms with Crippen molar-refractivity contribution in [1.82, 2.24) is 10.2 Å². The summed E-state index contributed by atoms with van der Waals surface area (Å²) in [7, 11) is 2.20. The third-order valence-electron chi connectivity index (χ3n) is 3.14. The third kappa shape index (κ3) is 3.09. The van der Waals surface area contributed by atoms with E-state index in [0.29, 0.717) is 0 Å². The average Bonchev–Trinajstić information content (AvgIpc) is 3.04. The van der Waals surface area contributed by atoms with E-state index in [1.54, 1.807) is 6.26 Å². The minimum Gasteiger partial charge on any atom is -0.468 e. The summed E-state index contributed by atoms with van der Waals surface area (Å²) >= 11 is 0. The minimum atomic E-state index is 0.811. The summed E-state index contributed by atoms with van der Waals surface area (Å²) in [5, 5.41) is 3.38. The van der Waals surface area contributed by atoms with Crippen LogP contribution in [0.2, 0.25) is 0 Å². The molecule has 0 spiro atoms. The second-order valence-corrected chi connectivity index (χ2v) is 4.69. The van der Waals surface area contributed by atoms with E-state index in [0.717, 1.165) is 37.9 Å². The molecule has 90 valence electrons. The van der Waals surface area contributed by atoms with E-state index in [-0.39, 0.29) is 0 Å². The van der Waals surface area contributed by atoms with Crippen LogP contribution in [0, 0.1) is 0 Å². The van der Waals surface area contributed by atoms with Gasteiger partial charge in [0.2, 0.25) is 0 Å². The highest BCUT2D eigenvalue weighted by atomic mass is 16.3. The standard InChI is InChI=1S/C13H22N2O/c1-3-7-14-9-13-11(6-8-16-13)10-15(2)12-4-5-12/h6,8,12,14H,3-5,7,9-10H2,1-2H3. The van der Waals surface area contributed by atoms with Gasteiger partial charge in [-0.1, -0.05) is 6.92 Å². The quantitative estimate of drug-likeness (QED) is 0.718. The van der Waals surface area contributed by atoms with Crippen LogP contribution in [-0.4, -0.2) is 24.5 Å². The van der Waals surface area contributed by atoms with Gasteiger partial charge in [0.15, 0.2) is 0 Å². The van der Waals surface area contributed by atoms with Crippen molar-refractivity contribution < 1.29 is 4.42 Å². The molecule has 3 nitrogen and oxygen atoms in total. The first-order valence-electron chi connectivity index (χ1n) is 6.27. The Morgan fingerprint density at radius 1 is 1.50 bits per heavy atom. The van der Waals surface area contributed by atoms with Crippen LogP contribution in [0.25, 0.3) is 0 Å². The molecule has 0 aliphatic heterocycles. The smallest absolute Gasteiger partial charge is 0.122 e. The number of hydrogen-bond acceptors (Lipinski definition) is 3. The molecule has 1 N–H and O–H groups in total. The Balaban J connectivity index is 1.85. The first-order valence-corrected chi connectivity index (χ1v) is 6.27. The molecule has 3 heteroatoms. The summed E-state index contributed by atoms with van der Waals surface area (Å²) in [4.78, 5) is 2.42. The molecule has 1 aliphatic rings. The van der Waals surface area contributed by atoms with Crippen molar-refractivity contribution in [3.8, 4) is 0 Å². The fraction of sp³-hybridized carbons (Fsp3) is 0.692. The van der Waals surface area contributed by atoms with E-state index >= 15 is 0 Å². The van der Waals surface area contributed by atoms with Crippen molar-refractivity contribution >= 4 is 0 Å². The summed E-state index contributed by atoms with van der Waals surface area (Å²) < 4.78 is 5.52. The molecule has 1 aromatic rings. The van der Waals surface area contributed by atoms with Crippen LogP contribution in [0.4, 0.5) is 0 Å². The van der Waals surface area contributed by atoms with Gasteiger partial charge in [-0.05, 0) is 38.9 Å². The van der Waals surface area contributed by atoms with E-state index < -0.39 is 0 Å². The van der Waals surface area contributed by atoms with E-state index in [1.807, 2.05) is 0 Å². The number of nitrogens with zero attached hydrogens (tertiary/aromatic N) is 1. The number of hydrogen-bond donors (Lipinski definition) is 1. The van der Waals surface area contributed by atoms with Gasteiger partial charge in [0.1, 0.15) is 5.76 Å². The summed E-state index contributed by atoms with van der Waals surface area (Å²) in [6.45, 7) is 5.11. The lowest BCUT2D eigenvalue weighted by atomic mass is 10.2.